The molecule has 2 amide bonds. The number of hydrogen-bond donors (Lipinski definition) is 3. The molecule has 5 heteroatoms. The Bertz CT molecular complexity index is 575. The summed E-state index contributed by atoms with van der Waals surface area (Å²) in [6.07, 6.45) is 0. The van der Waals surface area contributed by atoms with Gasteiger partial charge in [0.1, 0.15) is 0 Å². The van der Waals surface area contributed by atoms with E-state index in [4.69, 9.17) is 11.6 Å². The lowest BCUT2D eigenvalue weighted by molar-refractivity contribution is 0.225. The number of nitrogens with one attached hydrogen (secondary N) is 2. The number of rotatable bonds is 4. The molecule has 3 N–H and O–H groups in total. The van der Waals surface area contributed by atoms with Crippen LogP contribution in [0.4, 0.5) is 10.5 Å². The third-order valence-corrected chi connectivity index (χ3v) is 3.14. The molecular weight excluding hydrogens is 276 g/mol. The van der Waals surface area contributed by atoms with Crippen molar-refractivity contribution < 1.29 is 9.90 Å². The first-order valence-corrected chi connectivity index (χ1v) is 6.56. The van der Waals surface area contributed by atoms with E-state index in [0.717, 1.165) is 5.56 Å². The Labute approximate surface area is 122 Å². The van der Waals surface area contributed by atoms with Crippen molar-refractivity contribution in [2.75, 3.05) is 11.9 Å². The quantitative estimate of drug-likeness (QED) is 0.810. The Morgan fingerprint density at radius 3 is 2.40 bits per heavy atom. The van der Waals surface area contributed by atoms with Crippen molar-refractivity contribution in [3.63, 3.8) is 0 Å². The van der Waals surface area contributed by atoms with Crippen LogP contribution in [0.25, 0.3) is 0 Å². The molecule has 4 nitrogen and oxygen atoms in total. The number of halogens is 1. The van der Waals surface area contributed by atoms with Gasteiger partial charge >= 0.3 is 6.03 Å². The zero-order chi connectivity index (χ0) is 14.4. The minimum absolute atomic E-state index is 0.181. The molecule has 0 bridgehead atoms. The van der Waals surface area contributed by atoms with Gasteiger partial charge in [-0.2, -0.15) is 0 Å². The van der Waals surface area contributed by atoms with Gasteiger partial charge in [0.25, 0.3) is 0 Å². The van der Waals surface area contributed by atoms with E-state index in [1.807, 2.05) is 30.3 Å². The minimum Gasteiger partial charge on any atom is -0.394 e. The first-order valence-electron chi connectivity index (χ1n) is 6.18. The second-order valence-corrected chi connectivity index (χ2v) is 4.63. The van der Waals surface area contributed by atoms with E-state index in [9.17, 15) is 9.90 Å². The fourth-order valence-corrected chi connectivity index (χ4v) is 1.98. The van der Waals surface area contributed by atoms with E-state index >= 15 is 0 Å². The van der Waals surface area contributed by atoms with Gasteiger partial charge in [-0.25, -0.2) is 4.79 Å². The number of aliphatic hydroxyl groups is 1. The normalized spacial score (nSPS) is 11.7. The average molecular weight is 291 g/mol. The second kappa shape index (κ2) is 6.93. The fraction of sp³-hybridized carbons (Fsp3) is 0.133. The summed E-state index contributed by atoms with van der Waals surface area (Å²) in [7, 11) is 0. The van der Waals surface area contributed by atoms with E-state index in [0.29, 0.717) is 10.7 Å². The number of hydrogen-bond acceptors (Lipinski definition) is 2. The van der Waals surface area contributed by atoms with Gasteiger partial charge in [0, 0.05) is 0 Å². The zero-order valence-corrected chi connectivity index (χ0v) is 11.5. The lowest BCUT2D eigenvalue weighted by Crippen LogP contribution is -2.34. The number of anilines is 1. The summed E-state index contributed by atoms with van der Waals surface area (Å²) in [6.45, 7) is -0.181. The zero-order valence-electron chi connectivity index (χ0n) is 10.7. The van der Waals surface area contributed by atoms with E-state index in [1.54, 1.807) is 24.3 Å². The molecule has 1 atom stereocenters. The van der Waals surface area contributed by atoms with Crippen molar-refractivity contribution >= 4 is 23.3 Å². The van der Waals surface area contributed by atoms with Gasteiger partial charge < -0.3 is 15.7 Å². The lowest BCUT2D eigenvalue weighted by atomic mass is 10.1. The molecule has 0 aliphatic carbocycles. The van der Waals surface area contributed by atoms with Crippen LogP contribution in [-0.4, -0.2) is 17.7 Å². The Morgan fingerprint density at radius 2 is 1.75 bits per heavy atom. The van der Waals surface area contributed by atoms with Crippen LogP contribution in [-0.2, 0) is 0 Å². The number of urea groups is 1. The Balaban J connectivity index is 2.02. The molecule has 0 saturated carbocycles. The largest absolute Gasteiger partial charge is 0.394 e. The lowest BCUT2D eigenvalue weighted by Gasteiger charge is -2.17. The predicted molar refractivity (Wildman–Crippen MR) is 79.9 cm³/mol. The van der Waals surface area contributed by atoms with Crippen molar-refractivity contribution in [3.8, 4) is 0 Å². The maximum absolute atomic E-state index is 11.9. The molecule has 2 aromatic rings. The molecule has 0 fully saturated rings. The smallest absolute Gasteiger partial charge is 0.319 e. The molecule has 20 heavy (non-hydrogen) atoms. The highest BCUT2D eigenvalue weighted by molar-refractivity contribution is 6.33. The van der Waals surface area contributed by atoms with Crippen LogP contribution in [0.1, 0.15) is 11.6 Å². The molecular formula is C15H15ClN2O2. The molecule has 0 heterocycles. The fourth-order valence-electron chi connectivity index (χ4n) is 1.80. The van der Waals surface area contributed by atoms with Crippen LogP contribution in [0, 0.1) is 0 Å². The van der Waals surface area contributed by atoms with Crippen molar-refractivity contribution in [2.24, 2.45) is 0 Å². The molecule has 0 saturated heterocycles. The van der Waals surface area contributed by atoms with Crippen molar-refractivity contribution in [3.05, 3.63) is 65.2 Å². The molecule has 0 spiro atoms. The second-order valence-electron chi connectivity index (χ2n) is 4.22. The van der Waals surface area contributed by atoms with Crippen LogP contribution in [0.15, 0.2) is 54.6 Å². The van der Waals surface area contributed by atoms with Crippen molar-refractivity contribution in [2.45, 2.75) is 6.04 Å². The van der Waals surface area contributed by atoms with Crippen LogP contribution in [0.3, 0.4) is 0 Å². The van der Waals surface area contributed by atoms with E-state index in [2.05, 4.69) is 10.6 Å². The van der Waals surface area contributed by atoms with Crippen LogP contribution < -0.4 is 10.6 Å². The molecule has 0 radical (unpaired) electrons. The first-order chi connectivity index (χ1) is 9.70. The van der Waals surface area contributed by atoms with Crippen LogP contribution in [0.5, 0.6) is 0 Å². The molecule has 0 aliphatic rings. The van der Waals surface area contributed by atoms with Crippen molar-refractivity contribution in [1.82, 2.24) is 5.32 Å². The van der Waals surface area contributed by atoms with E-state index < -0.39 is 12.1 Å². The summed E-state index contributed by atoms with van der Waals surface area (Å²) in [5, 5.41) is 15.2. The van der Waals surface area contributed by atoms with E-state index in [1.165, 1.54) is 0 Å². The highest BCUT2D eigenvalue weighted by atomic mass is 35.5. The van der Waals surface area contributed by atoms with Gasteiger partial charge in [0.05, 0.1) is 23.4 Å². The third-order valence-electron chi connectivity index (χ3n) is 2.81. The third kappa shape index (κ3) is 3.73. The highest BCUT2D eigenvalue weighted by Crippen LogP contribution is 2.20. The van der Waals surface area contributed by atoms with Gasteiger partial charge in [0.2, 0.25) is 0 Å². The van der Waals surface area contributed by atoms with Gasteiger partial charge in [-0.1, -0.05) is 54.1 Å². The molecule has 0 aromatic heterocycles. The standard InChI is InChI=1S/C15H15ClN2O2/c16-12-8-4-5-9-13(12)17-15(20)18-14(10-19)11-6-2-1-3-7-11/h1-9,14,19H,10H2,(H2,17,18,20)/t14-/m1/s1. The van der Waals surface area contributed by atoms with Crippen molar-refractivity contribution in [1.29, 1.82) is 0 Å². The monoisotopic (exact) mass is 290 g/mol. The number of aliphatic hydroxyl groups excluding tert-OH is 1. The van der Waals surface area contributed by atoms with Gasteiger partial charge in [0.15, 0.2) is 0 Å². The minimum atomic E-state index is -0.460. The Hall–Kier alpha value is -2.04. The molecule has 0 aliphatic heterocycles. The Morgan fingerprint density at radius 1 is 1.10 bits per heavy atom. The molecule has 2 rings (SSSR count). The topological polar surface area (TPSA) is 61.4 Å². The SMILES string of the molecule is O=C(Nc1ccccc1Cl)N[C@H](CO)c1ccccc1. The number of amides is 2. The number of benzene rings is 2. The van der Waals surface area contributed by atoms with Gasteiger partial charge in [-0.15, -0.1) is 0 Å². The van der Waals surface area contributed by atoms with Crippen LogP contribution >= 0.6 is 11.6 Å². The van der Waals surface area contributed by atoms with Gasteiger partial charge in [-0.3, -0.25) is 0 Å². The maximum atomic E-state index is 11.9. The number of para-hydroxylation sites is 1. The summed E-state index contributed by atoms with van der Waals surface area (Å²) in [6, 6.07) is 15.4. The average Bonchev–Trinajstić information content (AvgIpc) is 2.48. The van der Waals surface area contributed by atoms with Crippen LogP contribution in [0.2, 0.25) is 5.02 Å². The number of carbonyl (C=O) groups excluding carboxylic acids is 1. The summed E-state index contributed by atoms with van der Waals surface area (Å²) in [4.78, 5) is 11.9. The predicted octanol–water partition coefficient (Wildman–Crippen LogP) is 3.20. The Kier molecular flexibility index (Phi) is 4.98. The number of carbonyl (C=O) groups is 1. The molecule has 2 aromatic carbocycles. The summed E-state index contributed by atoms with van der Waals surface area (Å²) in [5.41, 5.74) is 1.36. The van der Waals surface area contributed by atoms with Gasteiger partial charge in [-0.05, 0) is 17.7 Å². The molecule has 0 unspecified atom stereocenters. The van der Waals surface area contributed by atoms with E-state index in [-0.39, 0.29) is 6.61 Å². The summed E-state index contributed by atoms with van der Waals surface area (Å²) in [5.74, 6) is 0. The summed E-state index contributed by atoms with van der Waals surface area (Å²) < 4.78 is 0. The first kappa shape index (κ1) is 14.4. The summed E-state index contributed by atoms with van der Waals surface area (Å²) >= 11 is 5.96. The maximum Gasteiger partial charge on any atom is 0.319 e. The highest BCUT2D eigenvalue weighted by Gasteiger charge is 2.13. The molecule has 104 valence electrons.